The third-order valence-corrected chi connectivity index (χ3v) is 5.78. The summed E-state index contributed by atoms with van der Waals surface area (Å²) in [5.74, 6) is 2.08. The van der Waals surface area contributed by atoms with Gasteiger partial charge >= 0.3 is 0 Å². The first-order valence-electron chi connectivity index (χ1n) is 11.8. The van der Waals surface area contributed by atoms with Gasteiger partial charge in [-0.3, -0.25) is 4.79 Å². The lowest BCUT2D eigenvalue weighted by molar-refractivity contribution is -0.116. The Kier molecular flexibility index (Phi) is 7.51. The molecule has 0 radical (unpaired) electrons. The van der Waals surface area contributed by atoms with Crippen molar-refractivity contribution in [1.82, 2.24) is 9.78 Å². The molecule has 0 aliphatic carbocycles. The largest absolute Gasteiger partial charge is 0.497 e. The van der Waals surface area contributed by atoms with Crippen LogP contribution >= 0.6 is 0 Å². The van der Waals surface area contributed by atoms with Gasteiger partial charge in [-0.15, -0.1) is 0 Å². The second kappa shape index (κ2) is 10.9. The van der Waals surface area contributed by atoms with E-state index in [9.17, 15) is 4.79 Å². The van der Waals surface area contributed by atoms with Gasteiger partial charge in [0.15, 0.2) is 0 Å². The first-order chi connectivity index (χ1) is 17.0. The summed E-state index contributed by atoms with van der Waals surface area (Å²) in [4.78, 5) is 12.8. The van der Waals surface area contributed by atoms with E-state index >= 15 is 0 Å². The van der Waals surface area contributed by atoms with Crippen LogP contribution in [0.1, 0.15) is 35.7 Å². The predicted molar refractivity (Wildman–Crippen MR) is 139 cm³/mol. The molecule has 1 amide bonds. The fourth-order valence-corrected chi connectivity index (χ4v) is 3.99. The molecular weight excluding hydrogens is 438 g/mol. The Morgan fingerprint density at radius 2 is 1.66 bits per heavy atom. The van der Waals surface area contributed by atoms with Crippen LogP contribution in [-0.4, -0.2) is 22.8 Å². The lowest BCUT2D eigenvalue weighted by Crippen LogP contribution is -2.13. The van der Waals surface area contributed by atoms with E-state index in [2.05, 4.69) is 12.2 Å². The second-order valence-corrected chi connectivity index (χ2v) is 8.53. The fraction of sp³-hybridized carbons (Fsp3) is 0.241. The van der Waals surface area contributed by atoms with E-state index in [4.69, 9.17) is 14.6 Å². The van der Waals surface area contributed by atoms with Crippen LogP contribution in [0.15, 0.2) is 72.8 Å². The molecule has 0 aliphatic rings. The van der Waals surface area contributed by atoms with E-state index < -0.39 is 0 Å². The predicted octanol–water partition coefficient (Wildman–Crippen LogP) is 6.42. The van der Waals surface area contributed by atoms with Gasteiger partial charge in [0, 0.05) is 17.7 Å². The molecular formula is C29H31N3O3. The molecule has 6 heteroatoms. The standard InChI is InChI=1S/C29H31N3O3/c1-5-27-26(16-17-28(33)30-22-10-6-8-20(2)18-22)29(35-25-11-7-9-21(3)19-25)32(31-27)23-12-14-24(34-4)15-13-23/h6-15,18-19H,5,16-17H2,1-4H3,(H,30,33). The van der Waals surface area contributed by atoms with Crippen LogP contribution in [0, 0.1) is 13.8 Å². The maximum Gasteiger partial charge on any atom is 0.226 e. The summed E-state index contributed by atoms with van der Waals surface area (Å²) in [6, 6.07) is 23.4. The Morgan fingerprint density at radius 1 is 0.943 bits per heavy atom. The summed E-state index contributed by atoms with van der Waals surface area (Å²) in [7, 11) is 1.64. The van der Waals surface area contributed by atoms with E-state index in [0.717, 1.165) is 51.7 Å². The highest BCUT2D eigenvalue weighted by Crippen LogP contribution is 2.33. The van der Waals surface area contributed by atoms with Crippen molar-refractivity contribution in [1.29, 1.82) is 0 Å². The maximum atomic E-state index is 12.8. The molecule has 0 saturated heterocycles. The van der Waals surface area contributed by atoms with Gasteiger partial charge < -0.3 is 14.8 Å². The maximum absolute atomic E-state index is 12.8. The van der Waals surface area contributed by atoms with Crippen molar-refractivity contribution in [2.75, 3.05) is 12.4 Å². The van der Waals surface area contributed by atoms with Gasteiger partial charge in [-0.25, -0.2) is 4.68 Å². The smallest absolute Gasteiger partial charge is 0.226 e. The first kappa shape index (κ1) is 24.1. The van der Waals surface area contributed by atoms with Crippen molar-refractivity contribution in [2.24, 2.45) is 0 Å². The van der Waals surface area contributed by atoms with Crippen LogP contribution in [0.5, 0.6) is 17.4 Å². The summed E-state index contributed by atoms with van der Waals surface area (Å²) in [5, 5.41) is 7.86. The number of nitrogens with one attached hydrogen (secondary N) is 1. The highest BCUT2D eigenvalue weighted by molar-refractivity contribution is 5.91. The number of methoxy groups -OCH3 is 1. The Morgan fingerprint density at radius 3 is 2.31 bits per heavy atom. The fourth-order valence-electron chi connectivity index (χ4n) is 3.99. The molecule has 0 atom stereocenters. The number of benzene rings is 3. The van der Waals surface area contributed by atoms with E-state index in [1.54, 1.807) is 7.11 Å². The van der Waals surface area contributed by atoms with Crippen LogP contribution in [0.4, 0.5) is 5.69 Å². The highest BCUT2D eigenvalue weighted by Gasteiger charge is 2.21. The molecule has 4 aromatic rings. The molecule has 0 unspecified atom stereocenters. The molecule has 4 rings (SSSR count). The Labute approximate surface area is 206 Å². The molecule has 0 bridgehead atoms. The number of ether oxygens (including phenoxy) is 2. The number of carbonyl (C=O) groups is 1. The monoisotopic (exact) mass is 469 g/mol. The van der Waals surface area contributed by atoms with Gasteiger partial charge in [0.1, 0.15) is 11.5 Å². The van der Waals surface area contributed by atoms with E-state index in [1.165, 1.54) is 0 Å². The summed E-state index contributed by atoms with van der Waals surface area (Å²) >= 11 is 0. The van der Waals surface area contributed by atoms with Crippen LogP contribution in [0.25, 0.3) is 5.69 Å². The summed E-state index contributed by atoms with van der Waals surface area (Å²) in [6.45, 7) is 6.10. The summed E-state index contributed by atoms with van der Waals surface area (Å²) < 4.78 is 13.5. The Hall–Kier alpha value is -4.06. The van der Waals surface area contributed by atoms with Crippen molar-refractivity contribution in [3.05, 3.63) is 95.2 Å². The van der Waals surface area contributed by atoms with Gasteiger partial charge in [0.05, 0.1) is 18.5 Å². The molecule has 3 aromatic carbocycles. The first-order valence-corrected chi connectivity index (χ1v) is 11.8. The zero-order valence-corrected chi connectivity index (χ0v) is 20.7. The van der Waals surface area contributed by atoms with E-state index in [0.29, 0.717) is 18.7 Å². The van der Waals surface area contributed by atoms with Crippen molar-refractivity contribution in [3.8, 4) is 23.1 Å². The SMILES string of the molecule is CCc1nn(-c2ccc(OC)cc2)c(Oc2cccc(C)c2)c1CCC(=O)Nc1cccc(C)c1. The molecule has 0 aliphatic heterocycles. The van der Waals surface area contributed by atoms with Crippen molar-refractivity contribution in [2.45, 2.75) is 40.0 Å². The molecule has 0 saturated carbocycles. The van der Waals surface area contributed by atoms with Gasteiger partial charge in [0.25, 0.3) is 0 Å². The summed E-state index contributed by atoms with van der Waals surface area (Å²) in [6.07, 6.45) is 1.56. The molecule has 1 aromatic heterocycles. The van der Waals surface area contributed by atoms with E-state index in [1.807, 2.05) is 91.3 Å². The van der Waals surface area contributed by atoms with Crippen molar-refractivity contribution >= 4 is 11.6 Å². The lowest BCUT2D eigenvalue weighted by Gasteiger charge is -2.12. The number of aryl methyl sites for hydroxylation is 3. The van der Waals surface area contributed by atoms with Crippen LogP contribution in [0.2, 0.25) is 0 Å². The number of nitrogens with zero attached hydrogens (tertiary/aromatic N) is 2. The van der Waals surface area contributed by atoms with Crippen molar-refractivity contribution in [3.63, 3.8) is 0 Å². The molecule has 0 spiro atoms. The Bertz CT molecular complexity index is 1310. The van der Waals surface area contributed by atoms with Gasteiger partial charge in [-0.1, -0.05) is 31.2 Å². The number of anilines is 1. The minimum atomic E-state index is -0.0450. The van der Waals surface area contributed by atoms with Crippen molar-refractivity contribution < 1.29 is 14.3 Å². The molecule has 180 valence electrons. The summed E-state index contributed by atoms with van der Waals surface area (Å²) in [5.41, 5.74) is 5.71. The van der Waals surface area contributed by atoms with Crippen LogP contribution in [-0.2, 0) is 17.6 Å². The topological polar surface area (TPSA) is 65.4 Å². The van der Waals surface area contributed by atoms with Gasteiger partial charge in [0.2, 0.25) is 11.8 Å². The minimum Gasteiger partial charge on any atom is -0.497 e. The lowest BCUT2D eigenvalue weighted by atomic mass is 10.1. The molecule has 1 N–H and O–H groups in total. The number of hydrogen-bond donors (Lipinski definition) is 1. The van der Waals surface area contributed by atoms with Crippen LogP contribution < -0.4 is 14.8 Å². The third-order valence-electron chi connectivity index (χ3n) is 5.78. The highest BCUT2D eigenvalue weighted by atomic mass is 16.5. The molecule has 1 heterocycles. The Balaban J connectivity index is 1.65. The molecule has 0 fully saturated rings. The normalized spacial score (nSPS) is 10.7. The zero-order valence-electron chi connectivity index (χ0n) is 20.7. The van der Waals surface area contributed by atoms with Gasteiger partial charge in [-0.2, -0.15) is 5.10 Å². The number of carbonyl (C=O) groups excluding carboxylic acids is 1. The quantitative estimate of drug-likeness (QED) is 0.307. The average molecular weight is 470 g/mol. The number of amides is 1. The molecule has 6 nitrogen and oxygen atoms in total. The van der Waals surface area contributed by atoms with Crippen LogP contribution in [0.3, 0.4) is 0 Å². The number of hydrogen-bond acceptors (Lipinski definition) is 4. The minimum absolute atomic E-state index is 0.0450. The molecule has 35 heavy (non-hydrogen) atoms. The zero-order chi connectivity index (χ0) is 24.8. The average Bonchev–Trinajstić information content (AvgIpc) is 3.20. The van der Waals surface area contributed by atoms with Gasteiger partial charge in [-0.05, 0) is 86.3 Å². The second-order valence-electron chi connectivity index (χ2n) is 8.53. The van der Waals surface area contributed by atoms with E-state index in [-0.39, 0.29) is 5.91 Å². The number of aromatic nitrogens is 2. The number of rotatable bonds is 9. The third kappa shape index (κ3) is 5.90.